The van der Waals surface area contributed by atoms with Gasteiger partial charge in [-0.2, -0.15) is 4.98 Å². The van der Waals surface area contributed by atoms with Gasteiger partial charge < -0.3 is 30.1 Å². The Morgan fingerprint density at radius 1 is 0.957 bits per heavy atom. The molecule has 0 radical (unpaired) electrons. The summed E-state index contributed by atoms with van der Waals surface area (Å²) in [5.41, 5.74) is 6.27. The van der Waals surface area contributed by atoms with E-state index in [1.807, 2.05) is 30.6 Å². The Labute approximate surface area is 420 Å². The molecule has 2 saturated carbocycles. The van der Waals surface area contributed by atoms with Gasteiger partial charge in [-0.3, -0.25) is 23.6 Å². The number of halogens is 2. The number of β-amino-alcohol motifs (C(OH)–C–C–N with tert-alkyl or cyclic N) is 1. The molecule has 0 spiro atoms. The number of nitrogens with one attached hydrogen (secondary N) is 2. The van der Waals surface area contributed by atoms with Crippen molar-refractivity contribution in [2.24, 2.45) is 5.41 Å². The Morgan fingerprint density at radius 2 is 1.70 bits per heavy atom. The smallest absolute Gasteiger partial charge is 0.283 e. The molecule has 4 aliphatic rings. The first-order valence-electron chi connectivity index (χ1n) is 25.2. The lowest BCUT2D eigenvalue weighted by Gasteiger charge is -2.36. The van der Waals surface area contributed by atoms with E-state index in [0.29, 0.717) is 23.8 Å². The van der Waals surface area contributed by atoms with E-state index in [1.54, 1.807) is 32.1 Å². The normalized spacial score (nSPS) is 20.9. The predicted molar refractivity (Wildman–Crippen MR) is 276 cm³/mol. The number of piperidine rings is 1. The van der Waals surface area contributed by atoms with Crippen LogP contribution in [0, 0.1) is 12.3 Å². The number of thiazole rings is 1. The highest BCUT2D eigenvalue weighted by atomic mass is 79.9. The van der Waals surface area contributed by atoms with Crippen LogP contribution in [0.1, 0.15) is 133 Å². The minimum Gasteiger partial charge on any atom is -0.391 e. The summed E-state index contributed by atoms with van der Waals surface area (Å²) in [6, 6.07) is 18.9. The van der Waals surface area contributed by atoms with Gasteiger partial charge in [0.25, 0.3) is 11.5 Å². The molecule has 6 aromatic rings. The molecule has 3 aromatic heterocycles. The molecule has 2 aliphatic carbocycles. The van der Waals surface area contributed by atoms with Gasteiger partial charge in [-0.05, 0) is 153 Å². The number of unbranched alkanes of at least 4 members (excludes halogenated alkanes) is 1. The first-order chi connectivity index (χ1) is 33.6. The number of rotatable bonds is 14. The molecule has 5 heterocycles. The van der Waals surface area contributed by atoms with Crippen molar-refractivity contribution in [3.05, 3.63) is 97.8 Å². The maximum absolute atomic E-state index is 14.8. The number of aromatic nitrogens is 4. The molecule has 4 atom stereocenters. The van der Waals surface area contributed by atoms with Crippen LogP contribution < -0.4 is 16.2 Å². The maximum Gasteiger partial charge on any atom is 0.283 e. The van der Waals surface area contributed by atoms with Gasteiger partial charge in [0.15, 0.2) is 5.67 Å². The van der Waals surface area contributed by atoms with E-state index < -0.39 is 41.1 Å². The topological polar surface area (TPSA) is 154 Å². The number of aliphatic hydroxyl groups excluding tert-OH is 1. The zero-order valence-electron chi connectivity index (χ0n) is 40.6. The summed E-state index contributed by atoms with van der Waals surface area (Å²) >= 11 is 5.20. The fraction of sp³-hybridized carbons (Fsp3) is 0.519. The molecule has 0 unspecified atom stereocenters. The van der Waals surface area contributed by atoms with Crippen LogP contribution in [-0.2, 0) is 14.4 Å². The van der Waals surface area contributed by atoms with E-state index in [4.69, 9.17) is 4.98 Å². The van der Waals surface area contributed by atoms with E-state index >= 15 is 0 Å². The Morgan fingerprint density at radius 3 is 2.39 bits per heavy atom. The molecular weight excluding hydrogens is 972 g/mol. The van der Waals surface area contributed by atoms with Crippen LogP contribution >= 0.6 is 27.3 Å². The van der Waals surface area contributed by atoms with Gasteiger partial charge in [0, 0.05) is 23.5 Å². The second-order valence-corrected chi connectivity index (χ2v) is 23.1. The summed E-state index contributed by atoms with van der Waals surface area (Å²) in [5.74, 6) is -0.532. The molecule has 3 amide bonds. The zero-order chi connectivity index (χ0) is 49.1. The van der Waals surface area contributed by atoms with Gasteiger partial charge >= 0.3 is 0 Å². The first kappa shape index (κ1) is 48.6. The number of carbonyl (C=O) groups excluding carboxylic acids is 3. The second kappa shape index (κ2) is 19.5. The quantitative estimate of drug-likeness (QED) is 0.0913. The van der Waals surface area contributed by atoms with Crippen LogP contribution in [0.15, 0.2) is 75.4 Å². The second-order valence-electron chi connectivity index (χ2n) is 21.4. The first-order valence-corrected chi connectivity index (χ1v) is 26.9. The van der Waals surface area contributed by atoms with Crippen LogP contribution in [0.3, 0.4) is 0 Å². The average molecular weight is 1040 g/mol. The molecule has 2 saturated heterocycles. The number of fused-ring (bicyclic) bond motifs is 5. The van der Waals surface area contributed by atoms with Crippen molar-refractivity contribution in [2.75, 3.05) is 26.2 Å². The Hall–Kier alpha value is -5.03. The number of amides is 3. The largest absolute Gasteiger partial charge is 0.391 e. The molecule has 3 N–H and O–H groups in total. The van der Waals surface area contributed by atoms with Gasteiger partial charge in [-0.25, -0.2) is 9.37 Å². The molecule has 10 rings (SSSR count). The van der Waals surface area contributed by atoms with Crippen LogP contribution in [-0.4, -0.2) is 102 Å². The molecule has 4 fully saturated rings. The van der Waals surface area contributed by atoms with E-state index in [2.05, 4.69) is 87.9 Å². The molecule has 0 bridgehead atoms. The van der Waals surface area contributed by atoms with Crippen LogP contribution in [0.5, 0.6) is 0 Å². The molecular formula is C54H64BrFN8O5S. The maximum atomic E-state index is 14.8. The van der Waals surface area contributed by atoms with Crippen molar-refractivity contribution in [2.45, 2.75) is 147 Å². The van der Waals surface area contributed by atoms with Crippen LogP contribution in [0.25, 0.3) is 38.2 Å². The number of aliphatic hydroxyl groups is 1. The summed E-state index contributed by atoms with van der Waals surface area (Å²) in [5, 5.41) is 17.4. The number of hydrogen-bond donors (Lipinski definition) is 3. The minimum atomic E-state index is -1.96. The third-order valence-electron chi connectivity index (χ3n) is 15.5. The van der Waals surface area contributed by atoms with Gasteiger partial charge in [-0.15, -0.1) is 11.3 Å². The van der Waals surface area contributed by atoms with Crippen LogP contribution in [0.4, 0.5) is 4.39 Å². The van der Waals surface area contributed by atoms with E-state index in [9.17, 15) is 28.7 Å². The lowest BCUT2D eigenvalue weighted by molar-refractivity contribution is -0.145. The molecule has 2 aliphatic heterocycles. The molecule has 3 aromatic carbocycles. The third-order valence-corrected chi connectivity index (χ3v) is 17.2. The SMILES string of the molecule is Cc1ncsc1-c1ccc([C@H](CCCCN2CCC(c3ccc4c(c3)n(C3CCCC3)c3nc(=O)c5c(Br)cccc5n43)CC2)NC(=O)[C@@H]2C[C@@H](O)CN2C(=O)[C@@H](NC(=O)C2(F)CC2)C(C)(C)C)cc1. The number of imidazole rings is 1. The zero-order valence-corrected chi connectivity index (χ0v) is 43.0. The highest BCUT2D eigenvalue weighted by molar-refractivity contribution is 9.10. The van der Waals surface area contributed by atoms with Crippen molar-refractivity contribution in [3.8, 4) is 10.4 Å². The number of nitrogens with zero attached hydrogens (tertiary/aromatic N) is 6. The monoisotopic (exact) mass is 1030 g/mol. The Kier molecular flexibility index (Phi) is 13.6. The molecule has 16 heteroatoms. The fourth-order valence-electron chi connectivity index (χ4n) is 11.3. The standard InChI is InChI=1S/C54H64BrFN8O5S/c1-32-46(70-31-57-32)35-17-15-34(16-18-35)40(58-48(66)44-29-38(65)30-62(44)50(68)47(53(2,3)4)59-51(69)54(56)23-24-54)13-7-8-25-61-26-21-33(22-27-61)36-19-20-41-43(28-36)63(37-10-5-6-11-37)52-60-49(67)45-39(55)12-9-14-42(45)64(41)52/h9,12,14-20,28,31,33,37-38,40,44,47,65H,5-8,10-11,13,21-27,29-30H2,1-4H3,(H,58,66)(H,59,69)/t38-,40+,44+,47-/m1/s1. The van der Waals surface area contributed by atoms with E-state index in [1.165, 1.54) is 23.3 Å². The Bertz CT molecular complexity index is 3000. The van der Waals surface area contributed by atoms with Crippen LogP contribution in [0.2, 0.25) is 0 Å². The number of alkyl halides is 1. The molecule has 13 nitrogen and oxygen atoms in total. The van der Waals surface area contributed by atoms with Gasteiger partial charge in [0.2, 0.25) is 17.6 Å². The van der Waals surface area contributed by atoms with Crippen molar-refractivity contribution in [1.29, 1.82) is 0 Å². The lowest BCUT2D eigenvalue weighted by atomic mass is 9.85. The van der Waals surface area contributed by atoms with E-state index in [0.717, 1.165) is 107 Å². The van der Waals surface area contributed by atoms with Gasteiger partial charge in [-0.1, -0.05) is 70.0 Å². The Balaban J connectivity index is 0.812. The van der Waals surface area contributed by atoms with Gasteiger partial charge in [0.05, 0.1) is 50.2 Å². The number of likely N-dealkylation sites (tertiary alicyclic amines) is 2. The fourth-order valence-corrected chi connectivity index (χ4v) is 12.7. The summed E-state index contributed by atoms with van der Waals surface area (Å²) in [4.78, 5) is 69.0. The van der Waals surface area contributed by atoms with Crippen molar-refractivity contribution < 1.29 is 23.9 Å². The van der Waals surface area contributed by atoms with E-state index in [-0.39, 0.29) is 43.3 Å². The summed E-state index contributed by atoms with van der Waals surface area (Å²) in [6.45, 7) is 10.2. The van der Waals surface area contributed by atoms with Crippen molar-refractivity contribution >= 4 is 72.7 Å². The van der Waals surface area contributed by atoms with Crippen molar-refractivity contribution in [1.82, 2.24) is 39.4 Å². The number of hydrogen-bond acceptors (Lipinski definition) is 9. The highest BCUT2D eigenvalue weighted by Gasteiger charge is 2.53. The highest BCUT2D eigenvalue weighted by Crippen LogP contribution is 2.41. The summed E-state index contributed by atoms with van der Waals surface area (Å²) < 4.78 is 20.1. The van der Waals surface area contributed by atoms with Crippen molar-refractivity contribution in [3.63, 3.8) is 0 Å². The molecule has 70 heavy (non-hydrogen) atoms. The molecule has 370 valence electrons. The van der Waals surface area contributed by atoms with Gasteiger partial charge in [0.1, 0.15) is 12.1 Å². The number of aryl methyl sites for hydroxylation is 1. The number of carbonyl (C=O) groups is 3. The minimum absolute atomic E-state index is 0.0559. The average Bonchev–Trinajstić information content (AvgIpc) is 3.79. The summed E-state index contributed by atoms with van der Waals surface area (Å²) in [7, 11) is 0. The third kappa shape index (κ3) is 9.57. The summed E-state index contributed by atoms with van der Waals surface area (Å²) in [6.07, 6.45) is 8.44. The lowest BCUT2D eigenvalue weighted by Crippen LogP contribution is -2.59. The number of benzene rings is 3. The predicted octanol–water partition coefficient (Wildman–Crippen LogP) is 9.31.